The van der Waals surface area contributed by atoms with Crippen LogP contribution in [0.25, 0.3) is 0 Å². The molecular formula is C10H14BrNO. The minimum atomic E-state index is 0. The first kappa shape index (κ1) is 12.5. The van der Waals surface area contributed by atoms with Crippen molar-refractivity contribution in [2.45, 2.75) is 0 Å². The quantitative estimate of drug-likeness (QED) is 0.374. The second-order valence-corrected chi connectivity index (χ2v) is 3.13. The molecule has 13 heavy (non-hydrogen) atoms. The van der Waals surface area contributed by atoms with E-state index in [2.05, 4.69) is 11.8 Å². The van der Waals surface area contributed by atoms with E-state index in [0.29, 0.717) is 0 Å². The Morgan fingerprint density at radius 1 is 1.08 bits per heavy atom. The highest BCUT2D eigenvalue weighted by atomic mass is 79.9. The van der Waals surface area contributed by atoms with Gasteiger partial charge in [0, 0.05) is 0 Å². The van der Waals surface area contributed by atoms with Crippen LogP contribution in [0.15, 0.2) is 0 Å². The Kier molecular flexibility index (Phi) is 5.82. The van der Waals surface area contributed by atoms with Crippen LogP contribution in [-0.4, -0.2) is 43.9 Å². The van der Waals surface area contributed by atoms with Crippen LogP contribution in [0.3, 0.4) is 0 Å². The summed E-state index contributed by atoms with van der Waals surface area (Å²) in [4.78, 5) is 0. The highest BCUT2D eigenvalue weighted by Gasteiger charge is 2.28. The van der Waals surface area contributed by atoms with E-state index in [1.54, 1.807) is 0 Å². The molecule has 1 saturated heterocycles. The van der Waals surface area contributed by atoms with Crippen molar-refractivity contribution >= 4 is 0 Å². The highest BCUT2D eigenvalue weighted by molar-refractivity contribution is 4.89. The number of quaternary nitrogens is 1. The third-order valence-electron chi connectivity index (χ3n) is 2.27. The van der Waals surface area contributed by atoms with Gasteiger partial charge >= 0.3 is 0 Å². The summed E-state index contributed by atoms with van der Waals surface area (Å²) in [5.74, 6) is 5.37. The molecule has 0 aromatic heterocycles. The lowest BCUT2D eigenvalue weighted by atomic mass is 10.3. The molecule has 0 aromatic carbocycles. The lowest BCUT2D eigenvalue weighted by molar-refractivity contribution is -0.922. The molecule has 1 aliphatic rings. The van der Waals surface area contributed by atoms with E-state index >= 15 is 0 Å². The van der Waals surface area contributed by atoms with Gasteiger partial charge in [-0.25, -0.2) is 0 Å². The van der Waals surface area contributed by atoms with Gasteiger partial charge in [-0.15, -0.1) is 12.8 Å². The Labute approximate surface area is 90.6 Å². The first-order valence-corrected chi connectivity index (χ1v) is 4.13. The zero-order chi connectivity index (χ0) is 8.86. The number of rotatable bonds is 2. The zero-order valence-electron chi connectivity index (χ0n) is 7.63. The Balaban J connectivity index is 0.00000144. The zero-order valence-corrected chi connectivity index (χ0v) is 9.22. The molecule has 0 bridgehead atoms. The van der Waals surface area contributed by atoms with Gasteiger partial charge in [-0.3, -0.25) is 4.48 Å². The molecule has 0 atom stereocenters. The fourth-order valence-electron chi connectivity index (χ4n) is 1.49. The van der Waals surface area contributed by atoms with Crippen molar-refractivity contribution in [2.75, 3.05) is 39.4 Å². The van der Waals surface area contributed by atoms with E-state index in [0.717, 1.165) is 43.9 Å². The van der Waals surface area contributed by atoms with Crippen molar-refractivity contribution in [3.8, 4) is 24.7 Å². The topological polar surface area (TPSA) is 9.23 Å². The van der Waals surface area contributed by atoms with E-state index in [1.807, 2.05) is 0 Å². The van der Waals surface area contributed by atoms with E-state index < -0.39 is 0 Å². The maximum Gasteiger partial charge on any atom is 0.141 e. The average molecular weight is 244 g/mol. The van der Waals surface area contributed by atoms with E-state index in [4.69, 9.17) is 17.6 Å². The van der Waals surface area contributed by atoms with Crippen molar-refractivity contribution in [3.05, 3.63) is 0 Å². The Morgan fingerprint density at radius 2 is 1.54 bits per heavy atom. The van der Waals surface area contributed by atoms with Gasteiger partial charge in [-0.05, 0) is 11.8 Å². The summed E-state index contributed by atoms with van der Waals surface area (Å²) >= 11 is 0. The number of terminal acetylenes is 2. The van der Waals surface area contributed by atoms with Gasteiger partial charge in [0.15, 0.2) is 0 Å². The average Bonchev–Trinajstić information content (AvgIpc) is 2.07. The Hall–Kier alpha value is -0.480. The SMILES string of the molecule is C#CC[N+]1(CC#C)CCOCC1.[Br-]. The number of nitrogens with zero attached hydrogens (tertiary/aromatic N) is 1. The number of halogens is 1. The Morgan fingerprint density at radius 3 is 1.92 bits per heavy atom. The summed E-state index contributed by atoms with van der Waals surface area (Å²) in [6.07, 6.45) is 10.6. The van der Waals surface area contributed by atoms with Crippen LogP contribution in [0.2, 0.25) is 0 Å². The van der Waals surface area contributed by atoms with Gasteiger partial charge in [0.2, 0.25) is 0 Å². The van der Waals surface area contributed by atoms with Gasteiger partial charge in [0.05, 0.1) is 13.2 Å². The van der Waals surface area contributed by atoms with Crippen molar-refractivity contribution in [1.29, 1.82) is 0 Å². The van der Waals surface area contributed by atoms with Crippen LogP contribution < -0.4 is 17.0 Å². The maximum atomic E-state index is 5.30. The molecule has 3 heteroatoms. The van der Waals surface area contributed by atoms with Crippen LogP contribution in [-0.2, 0) is 4.74 Å². The molecule has 1 fully saturated rings. The van der Waals surface area contributed by atoms with Crippen molar-refractivity contribution in [1.82, 2.24) is 0 Å². The fraction of sp³-hybridized carbons (Fsp3) is 0.600. The lowest BCUT2D eigenvalue weighted by Crippen LogP contribution is -3.00. The van der Waals surface area contributed by atoms with Gasteiger partial charge in [-0.2, -0.15) is 0 Å². The maximum absolute atomic E-state index is 5.30. The molecule has 0 unspecified atom stereocenters. The number of hydrogen-bond donors (Lipinski definition) is 0. The molecule has 0 aromatic rings. The lowest BCUT2D eigenvalue weighted by Gasteiger charge is -2.38. The molecule has 2 nitrogen and oxygen atoms in total. The Bertz CT molecular complexity index is 202. The molecule has 0 saturated carbocycles. The first-order valence-electron chi connectivity index (χ1n) is 4.13. The molecule has 72 valence electrons. The summed E-state index contributed by atoms with van der Waals surface area (Å²) in [6, 6.07) is 0. The molecular weight excluding hydrogens is 230 g/mol. The number of morpholine rings is 1. The third-order valence-corrected chi connectivity index (χ3v) is 2.27. The molecule has 0 N–H and O–H groups in total. The van der Waals surface area contributed by atoms with E-state index in [9.17, 15) is 0 Å². The van der Waals surface area contributed by atoms with Crippen molar-refractivity contribution < 1.29 is 26.2 Å². The molecule has 1 aliphatic heterocycles. The number of hydrogen-bond acceptors (Lipinski definition) is 1. The predicted octanol–water partition coefficient (Wildman–Crippen LogP) is -2.90. The van der Waals surface area contributed by atoms with Crippen LogP contribution in [0.4, 0.5) is 0 Å². The van der Waals surface area contributed by atoms with Crippen molar-refractivity contribution in [3.63, 3.8) is 0 Å². The van der Waals surface area contributed by atoms with Crippen LogP contribution in [0, 0.1) is 24.7 Å². The molecule has 0 amide bonds. The van der Waals surface area contributed by atoms with Crippen LogP contribution in [0.5, 0.6) is 0 Å². The third kappa shape index (κ3) is 3.40. The van der Waals surface area contributed by atoms with Gasteiger partial charge < -0.3 is 21.7 Å². The minimum absolute atomic E-state index is 0. The fourth-order valence-corrected chi connectivity index (χ4v) is 1.49. The van der Waals surface area contributed by atoms with Gasteiger partial charge in [0.1, 0.15) is 26.2 Å². The minimum Gasteiger partial charge on any atom is -1.00 e. The molecule has 1 rings (SSSR count). The summed E-state index contributed by atoms with van der Waals surface area (Å²) < 4.78 is 6.10. The first-order chi connectivity index (χ1) is 5.83. The highest BCUT2D eigenvalue weighted by Crippen LogP contribution is 2.09. The standard InChI is InChI=1S/C10H14NO.BrH/c1-3-5-11(6-4-2)7-9-12-10-8-11;/h1-2H,5-10H2;1H/q+1;/p-1. The molecule has 0 radical (unpaired) electrons. The molecule has 0 aliphatic carbocycles. The predicted molar refractivity (Wildman–Crippen MR) is 48.2 cm³/mol. The monoisotopic (exact) mass is 243 g/mol. The van der Waals surface area contributed by atoms with Crippen molar-refractivity contribution in [2.24, 2.45) is 0 Å². The smallest absolute Gasteiger partial charge is 0.141 e. The second kappa shape index (κ2) is 6.05. The summed E-state index contributed by atoms with van der Waals surface area (Å²) in [5.41, 5.74) is 0. The van der Waals surface area contributed by atoms with Crippen LogP contribution in [0.1, 0.15) is 0 Å². The van der Waals surface area contributed by atoms with Gasteiger partial charge in [-0.1, -0.05) is 0 Å². The van der Waals surface area contributed by atoms with Crippen LogP contribution >= 0.6 is 0 Å². The summed E-state index contributed by atoms with van der Waals surface area (Å²) in [7, 11) is 0. The summed E-state index contributed by atoms with van der Waals surface area (Å²) in [5, 5.41) is 0. The van der Waals surface area contributed by atoms with E-state index in [-0.39, 0.29) is 17.0 Å². The normalized spacial score (nSPS) is 19.2. The molecule has 0 spiro atoms. The number of ether oxygens (including phenoxy) is 1. The molecule has 1 heterocycles. The van der Waals surface area contributed by atoms with E-state index in [1.165, 1.54) is 0 Å². The van der Waals surface area contributed by atoms with Gasteiger partial charge in [0.25, 0.3) is 0 Å². The second-order valence-electron chi connectivity index (χ2n) is 3.13. The largest absolute Gasteiger partial charge is 1.00 e. The summed E-state index contributed by atoms with van der Waals surface area (Å²) in [6.45, 7) is 4.93.